The van der Waals surface area contributed by atoms with Gasteiger partial charge in [0.15, 0.2) is 6.23 Å². The van der Waals surface area contributed by atoms with Crippen molar-refractivity contribution in [3.63, 3.8) is 0 Å². The number of hydrogen-bond acceptors (Lipinski definition) is 7. The Balaban J connectivity index is 2.12. The highest BCUT2D eigenvalue weighted by atomic mass is 16.5. The first-order valence-electron chi connectivity index (χ1n) is 6.84. The van der Waals surface area contributed by atoms with Crippen molar-refractivity contribution in [1.82, 2.24) is 14.5 Å². The number of nitrogen functional groups attached to an aromatic ring is 1. The van der Waals surface area contributed by atoms with Crippen molar-refractivity contribution < 1.29 is 19.7 Å². The van der Waals surface area contributed by atoms with Crippen LogP contribution in [0.5, 0.6) is 0 Å². The van der Waals surface area contributed by atoms with E-state index in [9.17, 15) is 15.0 Å². The molecule has 9 heteroatoms. The predicted molar refractivity (Wildman–Crippen MR) is 77.8 cm³/mol. The zero-order valence-electron chi connectivity index (χ0n) is 11.9. The van der Waals surface area contributed by atoms with Gasteiger partial charge in [0.1, 0.15) is 23.9 Å². The van der Waals surface area contributed by atoms with E-state index < -0.39 is 18.4 Å². The molecule has 0 aromatic carbocycles. The summed E-state index contributed by atoms with van der Waals surface area (Å²) in [5.74, 6) is -0.0264. The maximum atomic E-state index is 10.8. The molecule has 0 bridgehead atoms. The number of carbonyl (C=O) groups is 1. The van der Waals surface area contributed by atoms with Gasteiger partial charge in [0, 0.05) is 12.1 Å². The van der Waals surface area contributed by atoms with Gasteiger partial charge in [-0.3, -0.25) is 4.79 Å². The summed E-state index contributed by atoms with van der Waals surface area (Å²) in [7, 11) is 0. The molecule has 3 heterocycles. The highest BCUT2D eigenvalue weighted by Gasteiger charge is 2.42. The SMILES string of the molecule is C[C@H]1[C@@H](O)[C@H](n2cc(NC=O)c3c(N)ncnc32)O[C@@H]1CO. The number of nitrogens with two attached hydrogens (primary N) is 1. The number of aliphatic hydroxyl groups excluding tert-OH is 2. The zero-order chi connectivity index (χ0) is 15.9. The number of ether oxygens (including phenoxy) is 1. The molecule has 0 unspecified atom stereocenters. The molecule has 0 aliphatic carbocycles. The fourth-order valence-electron chi connectivity index (χ4n) is 2.78. The van der Waals surface area contributed by atoms with E-state index in [0.717, 1.165) is 0 Å². The summed E-state index contributed by atoms with van der Waals surface area (Å²) in [6, 6.07) is 0. The standard InChI is InChI=1S/C13H17N5O4/c1-6-8(3-19)22-13(10(6)21)18-2-7(17-5-20)9-11(14)15-4-16-12(9)18/h2,4-6,8,10,13,19,21H,3H2,1H3,(H,17,20)(H2,14,15,16)/t6-,8-,10-,13-/m1/s1. The molecule has 0 saturated carbocycles. The number of fused-ring (bicyclic) bond motifs is 1. The van der Waals surface area contributed by atoms with Crippen molar-refractivity contribution in [2.45, 2.75) is 25.4 Å². The maximum absolute atomic E-state index is 10.8. The van der Waals surface area contributed by atoms with Crippen molar-refractivity contribution >= 4 is 28.9 Å². The van der Waals surface area contributed by atoms with Crippen LogP contribution in [0.1, 0.15) is 13.2 Å². The second-order valence-corrected chi connectivity index (χ2v) is 5.27. The van der Waals surface area contributed by atoms with Gasteiger partial charge in [-0.05, 0) is 0 Å². The third-order valence-electron chi connectivity index (χ3n) is 4.04. The third kappa shape index (κ3) is 2.10. The van der Waals surface area contributed by atoms with Crippen LogP contribution < -0.4 is 11.1 Å². The van der Waals surface area contributed by atoms with Crippen molar-refractivity contribution in [3.8, 4) is 0 Å². The first-order chi connectivity index (χ1) is 10.6. The Morgan fingerprint density at radius 3 is 2.95 bits per heavy atom. The summed E-state index contributed by atoms with van der Waals surface area (Å²) >= 11 is 0. The van der Waals surface area contributed by atoms with Gasteiger partial charge in [-0.15, -0.1) is 0 Å². The van der Waals surface area contributed by atoms with Gasteiger partial charge in [0.2, 0.25) is 6.41 Å². The van der Waals surface area contributed by atoms with E-state index in [0.29, 0.717) is 23.1 Å². The molecule has 1 saturated heterocycles. The molecule has 1 fully saturated rings. The van der Waals surface area contributed by atoms with Gasteiger partial charge in [-0.2, -0.15) is 0 Å². The quantitative estimate of drug-likeness (QED) is 0.557. The Morgan fingerprint density at radius 1 is 1.55 bits per heavy atom. The van der Waals surface area contributed by atoms with Crippen LogP contribution in [0.3, 0.4) is 0 Å². The zero-order valence-corrected chi connectivity index (χ0v) is 11.9. The van der Waals surface area contributed by atoms with E-state index >= 15 is 0 Å². The number of amides is 1. The number of nitrogens with zero attached hydrogens (tertiary/aromatic N) is 3. The van der Waals surface area contributed by atoms with Crippen LogP contribution >= 0.6 is 0 Å². The van der Waals surface area contributed by atoms with Crippen LogP contribution in [0.25, 0.3) is 11.0 Å². The Kier molecular flexibility index (Phi) is 3.69. The molecular weight excluding hydrogens is 290 g/mol. The summed E-state index contributed by atoms with van der Waals surface area (Å²) in [6.45, 7) is 1.61. The molecular formula is C13H17N5O4. The Labute approximate surface area is 125 Å². The first kappa shape index (κ1) is 14.7. The molecule has 0 spiro atoms. The lowest BCUT2D eigenvalue weighted by molar-refractivity contribution is -0.105. The monoisotopic (exact) mass is 307 g/mol. The molecule has 2 aromatic heterocycles. The van der Waals surface area contributed by atoms with Crippen LogP contribution in [0.2, 0.25) is 0 Å². The molecule has 2 aromatic rings. The van der Waals surface area contributed by atoms with Crippen molar-refractivity contribution in [1.29, 1.82) is 0 Å². The lowest BCUT2D eigenvalue weighted by atomic mass is 10.0. The number of anilines is 2. The summed E-state index contributed by atoms with van der Waals surface area (Å²) in [5.41, 5.74) is 6.72. The lowest BCUT2D eigenvalue weighted by Gasteiger charge is -2.17. The summed E-state index contributed by atoms with van der Waals surface area (Å²) in [4.78, 5) is 18.8. The van der Waals surface area contributed by atoms with Crippen molar-refractivity contribution in [2.75, 3.05) is 17.7 Å². The minimum absolute atomic E-state index is 0.190. The van der Waals surface area contributed by atoms with Gasteiger partial charge in [-0.1, -0.05) is 6.92 Å². The Hall–Kier alpha value is -2.23. The molecule has 0 radical (unpaired) electrons. The highest BCUT2D eigenvalue weighted by Crippen LogP contribution is 2.38. The summed E-state index contributed by atoms with van der Waals surface area (Å²) in [5, 5.41) is 22.7. The summed E-state index contributed by atoms with van der Waals surface area (Å²) in [6.07, 6.45) is 1.38. The average molecular weight is 307 g/mol. The molecule has 4 atom stereocenters. The number of carbonyl (C=O) groups excluding carboxylic acids is 1. The Morgan fingerprint density at radius 2 is 2.32 bits per heavy atom. The number of nitrogens with one attached hydrogen (secondary N) is 1. The molecule has 5 N–H and O–H groups in total. The molecule has 22 heavy (non-hydrogen) atoms. The van der Waals surface area contributed by atoms with E-state index in [-0.39, 0.29) is 18.3 Å². The topological polar surface area (TPSA) is 136 Å². The van der Waals surface area contributed by atoms with Crippen LogP contribution in [-0.4, -0.2) is 50.0 Å². The molecule has 1 aliphatic rings. The van der Waals surface area contributed by atoms with Gasteiger partial charge in [0.05, 0.1) is 23.8 Å². The van der Waals surface area contributed by atoms with E-state index in [2.05, 4.69) is 15.3 Å². The third-order valence-corrected chi connectivity index (χ3v) is 4.04. The smallest absolute Gasteiger partial charge is 0.211 e. The van der Waals surface area contributed by atoms with Gasteiger partial charge in [0.25, 0.3) is 0 Å². The van der Waals surface area contributed by atoms with E-state index in [1.165, 1.54) is 6.33 Å². The second kappa shape index (κ2) is 5.52. The number of rotatable bonds is 4. The predicted octanol–water partition coefficient (Wildman–Crippen LogP) is -0.532. The van der Waals surface area contributed by atoms with Gasteiger partial charge < -0.3 is 30.6 Å². The molecule has 1 amide bonds. The second-order valence-electron chi connectivity index (χ2n) is 5.27. The number of hydrogen-bond donors (Lipinski definition) is 4. The van der Waals surface area contributed by atoms with E-state index in [4.69, 9.17) is 10.5 Å². The minimum Gasteiger partial charge on any atom is -0.394 e. The van der Waals surface area contributed by atoms with E-state index in [1.807, 2.05) is 0 Å². The van der Waals surface area contributed by atoms with E-state index in [1.54, 1.807) is 17.7 Å². The minimum atomic E-state index is -0.826. The molecule has 1 aliphatic heterocycles. The molecule has 9 nitrogen and oxygen atoms in total. The molecule has 118 valence electrons. The fraction of sp³-hybridized carbons (Fsp3) is 0.462. The highest BCUT2D eigenvalue weighted by molar-refractivity contribution is 6.01. The lowest BCUT2D eigenvalue weighted by Crippen LogP contribution is -2.25. The largest absolute Gasteiger partial charge is 0.394 e. The van der Waals surface area contributed by atoms with Crippen LogP contribution in [0.4, 0.5) is 11.5 Å². The van der Waals surface area contributed by atoms with Crippen LogP contribution in [0.15, 0.2) is 12.5 Å². The normalized spacial score (nSPS) is 28.1. The maximum Gasteiger partial charge on any atom is 0.211 e. The Bertz CT molecular complexity index is 703. The van der Waals surface area contributed by atoms with Crippen LogP contribution in [-0.2, 0) is 9.53 Å². The molecule has 3 rings (SSSR count). The first-order valence-corrected chi connectivity index (χ1v) is 6.84. The van der Waals surface area contributed by atoms with Crippen molar-refractivity contribution in [2.24, 2.45) is 5.92 Å². The fourth-order valence-corrected chi connectivity index (χ4v) is 2.78. The van der Waals surface area contributed by atoms with Crippen molar-refractivity contribution in [3.05, 3.63) is 12.5 Å². The van der Waals surface area contributed by atoms with Crippen LogP contribution in [0, 0.1) is 5.92 Å². The average Bonchev–Trinajstić information content (AvgIpc) is 3.00. The number of aromatic nitrogens is 3. The number of aliphatic hydroxyl groups is 2. The van der Waals surface area contributed by atoms with Gasteiger partial charge in [-0.25, -0.2) is 9.97 Å². The van der Waals surface area contributed by atoms with Gasteiger partial charge >= 0.3 is 0 Å². The summed E-state index contributed by atoms with van der Waals surface area (Å²) < 4.78 is 7.30.